The van der Waals surface area contributed by atoms with Gasteiger partial charge < -0.3 is 10.6 Å². The Morgan fingerprint density at radius 1 is 1.53 bits per heavy atom. The molecule has 0 spiro atoms. The number of hydrogen-bond donors (Lipinski definition) is 2. The summed E-state index contributed by atoms with van der Waals surface area (Å²) in [6.07, 6.45) is 3.29. The Labute approximate surface area is 107 Å². The van der Waals surface area contributed by atoms with Crippen LogP contribution in [-0.4, -0.2) is 18.5 Å². The van der Waals surface area contributed by atoms with E-state index in [0.29, 0.717) is 0 Å². The fourth-order valence-corrected chi connectivity index (χ4v) is 3.03. The van der Waals surface area contributed by atoms with Gasteiger partial charge in [-0.1, -0.05) is 6.42 Å². The molecule has 2 heterocycles. The lowest BCUT2D eigenvalue weighted by atomic mass is 10.0. The first-order valence-electron chi connectivity index (χ1n) is 6.27. The van der Waals surface area contributed by atoms with Gasteiger partial charge in [0.15, 0.2) is 0 Å². The third-order valence-corrected chi connectivity index (χ3v) is 4.36. The molecule has 0 saturated carbocycles. The first-order chi connectivity index (χ1) is 8.16. The van der Waals surface area contributed by atoms with E-state index in [-0.39, 0.29) is 18.0 Å². The molecule has 0 aliphatic carbocycles. The molecule has 2 N–H and O–H groups in total. The highest BCUT2D eigenvalue weighted by Crippen LogP contribution is 2.22. The fraction of sp³-hybridized carbons (Fsp3) is 0.615. The molecule has 0 aromatic carbocycles. The van der Waals surface area contributed by atoms with Crippen molar-refractivity contribution < 1.29 is 4.79 Å². The third-order valence-electron chi connectivity index (χ3n) is 3.17. The summed E-state index contributed by atoms with van der Waals surface area (Å²) in [4.78, 5) is 14.5. The number of carbonyl (C=O) groups is 1. The maximum Gasteiger partial charge on any atom is 0.237 e. The second-order valence-electron chi connectivity index (χ2n) is 4.68. The average Bonchev–Trinajstić information content (AvgIpc) is 2.77. The predicted octanol–water partition coefficient (Wildman–Crippen LogP) is 2.38. The van der Waals surface area contributed by atoms with E-state index >= 15 is 0 Å². The van der Waals surface area contributed by atoms with E-state index in [4.69, 9.17) is 0 Å². The van der Waals surface area contributed by atoms with Gasteiger partial charge in [-0.05, 0) is 45.4 Å². The summed E-state index contributed by atoms with van der Waals surface area (Å²) in [5.41, 5.74) is 0. The zero-order chi connectivity index (χ0) is 12.3. The van der Waals surface area contributed by atoms with Gasteiger partial charge in [-0.15, -0.1) is 11.3 Å². The Balaban J connectivity index is 1.89. The van der Waals surface area contributed by atoms with Gasteiger partial charge in [0.25, 0.3) is 0 Å². The van der Waals surface area contributed by atoms with Crippen molar-refractivity contribution in [2.24, 2.45) is 0 Å². The SMILES string of the molecule is Cc1ccc(C(C)NC(=O)[C@@H]2CCCCN2)s1. The van der Waals surface area contributed by atoms with Crippen LogP contribution in [0.15, 0.2) is 12.1 Å². The molecule has 3 nitrogen and oxygen atoms in total. The first kappa shape index (κ1) is 12.6. The normalized spacial score (nSPS) is 22.1. The zero-order valence-electron chi connectivity index (χ0n) is 10.5. The van der Waals surface area contributed by atoms with Gasteiger partial charge in [0, 0.05) is 9.75 Å². The number of hydrogen-bond acceptors (Lipinski definition) is 3. The molecule has 1 unspecified atom stereocenters. The van der Waals surface area contributed by atoms with Gasteiger partial charge >= 0.3 is 0 Å². The van der Waals surface area contributed by atoms with Crippen LogP contribution in [0.2, 0.25) is 0 Å². The van der Waals surface area contributed by atoms with Crippen LogP contribution in [-0.2, 0) is 4.79 Å². The minimum absolute atomic E-state index is 0.00672. The standard InChI is InChI=1S/C13H20N2OS/c1-9-6-7-12(17-9)10(2)15-13(16)11-5-3-4-8-14-11/h6-7,10-11,14H,3-5,8H2,1-2H3,(H,15,16)/t10?,11-/m0/s1. The number of piperidine rings is 1. The van der Waals surface area contributed by atoms with Gasteiger partial charge in [0.05, 0.1) is 12.1 Å². The lowest BCUT2D eigenvalue weighted by Crippen LogP contribution is -2.47. The molecule has 2 rings (SSSR count). The van der Waals surface area contributed by atoms with E-state index < -0.39 is 0 Å². The molecule has 1 saturated heterocycles. The third kappa shape index (κ3) is 3.30. The second kappa shape index (κ2) is 5.65. The van der Waals surface area contributed by atoms with E-state index in [0.717, 1.165) is 19.4 Å². The van der Waals surface area contributed by atoms with Crippen LogP contribution in [0.25, 0.3) is 0 Å². The van der Waals surface area contributed by atoms with Crippen LogP contribution < -0.4 is 10.6 Å². The molecule has 0 bridgehead atoms. The van der Waals surface area contributed by atoms with Crippen molar-refractivity contribution in [1.82, 2.24) is 10.6 Å². The van der Waals surface area contributed by atoms with Crippen molar-refractivity contribution >= 4 is 17.2 Å². The molecular weight excluding hydrogens is 232 g/mol. The number of aryl methyl sites for hydroxylation is 1. The summed E-state index contributed by atoms with van der Waals surface area (Å²) >= 11 is 1.75. The van der Waals surface area contributed by atoms with Gasteiger partial charge in [0.1, 0.15) is 0 Å². The van der Waals surface area contributed by atoms with Crippen LogP contribution in [0, 0.1) is 6.92 Å². The lowest BCUT2D eigenvalue weighted by molar-refractivity contribution is -0.124. The number of rotatable bonds is 3. The van der Waals surface area contributed by atoms with Crippen molar-refractivity contribution in [2.45, 2.75) is 45.2 Å². The first-order valence-corrected chi connectivity index (χ1v) is 7.08. The molecule has 1 fully saturated rings. The van der Waals surface area contributed by atoms with Crippen molar-refractivity contribution in [3.63, 3.8) is 0 Å². The van der Waals surface area contributed by atoms with Crippen LogP contribution in [0.3, 0.4) is 0 Å². The van der Waals surface area contributed by atoms with E-state index in [9.17, 15) is 4.79 Å². The van der Waals surface area contributed by atoms with Gasteiger partial charge in [-0.2, -0.15) is 0 Å². The largest absolute Gasteiger partial charge is 0.347 e. The van der Waals surface area contributed by atoms with Crippen molar-refractivity contribution in [2.75, 3.05) is 6.54 Å². The number of amides is 1. The summed E-state index contributed by atoms with van der Waals surface area (Å²) in [6, 6.07) is 4.32. The molecule has 1 aromatic heterocycles. The summed E-state index contributed by atoms with van der Waals surface area (Å²) in [6.45, 7) is 5.10. The van der Waals surface area contributed by atoms with Crippen molar-refractivity contribution in [1.29, 1.82) is 0 Å². The maximum absolute atomic E-state index is 12.0. The number of thiophene rings is 1. The molecule has 17 heavy (non-hydrogen) atoms. The highest BCUT2D eigenvalue weighted by molar-refractivity contribution is 7.12. The Bertz CT molecular complexity index is 383. The van der Waals surface area contributed by atoms with E-state index in [1.807, 2.05) is 6.92 Å². The minimum atomic E-state index is 0.00672. The molecule has 4 heteroatoms. The topological polar surface area (TPSA) is 41.1 Å². The molecule has 1 aliphatic rings. The molecule has 0 radical (unpaired) electrons. The summed E-state index contributed by atoms with van der Waals surface area (Å²) in [7, 11) is 0. The highest BCUT2D eigenvalue weighted by Gasteiger charge is 2.22. The van der Waals surface area contributed by atoms with Crippen LogP contribution in [0.4, 0.5) is 0 Å². The summed E-state index contributed by atoms with van der Waals surface area (Å²) in [5, 5.41) is 6.36. The van der Waals surface area contributed by atoms with E-state index in [1.54, 1.807) is 11.3 Å². The van der Waals surface area contributed by atoms with Crippen molar-refractivity contribution in [3.8, 4) is 0 Å². The fourth-order valence-electron chi connectivity index (χ4n) is 2.15. The monoisotopic (exact) mass is 252 g/mol. The summed E-state index contributed by atoms with van der Waals surface area (Å²) < 4.78 is 0. The van der Waals surface area contributed by atoms with E-state index in [2.05, 4.69) is 29.7 Å². The summed E-state index contributed by atoms with van der Waals surface area (Å²) in [5.74, 6) is 0.142. The second-order valence-corrected chi connectivity index (χ2v) is 6.00. The molecule has 94 valence electrons. The Hall–Kier alpha value is -0.870. The highest BCUT2D eigenvalue weighted by atomic mass is 32.1. The molecule has 1 aliphatic heterocycles. The average molecular weight is 252 g/mol. The van der Waals surface area contributed by atoms with Crippen LogP contribution in [0.1, 0.15) is 42.0 Å². The zero-order valence-corrected chi connectivity index (χ0v) is 11.3. The minimum Gasteiger partial charge on any atom is -0.347 e. The number of carbonyl (C=O) groups excluding carboxylic acids is 1. The Morgan fingerprint density at radius 2 is 2.35 bits per heavy atom. The Morgan fingerprint density at radius 3 is 2.94 bits per heavy atom. The van der Waals surface area contributed by atoms with Crippen LogP contribution >= 0.6 is 11.3 Å². The predicted molar refractivity (Wildman–Crippen MR) is 71.3 cm³/mol. The molecular formula is C13H20N2OS. The van der Waals surface area contributed by atoms with Crippen molar-refractivity contribution in [3.05, 3.63) is 21.9 Å². The maximum atomic E-state index is 12.0. The lowest BCUT2D eigenvalue weighted by Gasteiger charge is -2.24. The smallest absolute Gasteiger partial charge is 0.237 e. The molecule has 1 amide bonds. The molecule has 1 aromatic rings. The van der Waals surface area contributed by atoms with E-state index in [1.165, 1.54) is 16.2 Å². The Kier molecular flexibility index (Phi) is 4.18. The van der Waals surface area contributed by atoms with Gasteiger partial charge in [-0.3, -0.25) is 4.79 Å². The quantitative estimate of drug-likeness (QED) is 0.867. The van der Waals surface area contributed by atoms with Gasteiger partial charge in [0.2, 0.25) is 5.91 Å². The molecule has 2 atom stereocenters. The van der Waals surface area contributed by atoms with Crippen LogP contribution in [0.5, 0.6) is 0 Å². The van der Waals surface area contributed by atoms with Gasteiger partial charge in [-0.25, -0.2) is 0 Å². The number of nitrogens with one attached hydrogen (secondary N) is 2.